The SMILES string of the molecule is COC(=O)c1cccc(C(=O)OC)c1-n1c2ccc(C#N)cc2c2cc(C#N)ccc21. The molecule has 4 aromatic rings. The van der Waals surface area contributed by atoms with Crippen LogP contribution in [0.2, 0.25) is 0 Å². The lowest BCUT2D eigenvalue weighted by molar-refractivity contribution is 0.0599. The maximum atomic E-state index is 12.6. The first-order valence-electron chi connectivity index (χ1n) is 9.22. The summed E-state index contributed by atoms with van der Waals surface area (Å²) in [4.78, 5) is 25.2. The molecule has 0 N–H and O–H groups in total. The predicted octanol–water partition coefficient (Wildman–Crippen LogP) is 4.10. The number of hydrogen-bond donors (Lipinski definition) is 0. The van der Waals surface area contributed by atoms with Crippen LogP contribution in [0.15, 0.2) is 54.6 Å². The molecule has 0 atom stereocenters. The van der Waals surface area contributed by atoms with Gasteiger partial charge in [0.1, 0.15) is 0 Å². The third-order valence-electron chi connectivity index (χ3n) is 5.09. The van der Waals surface area contributed by atoms with Gasteiger partial charge in [0.15, 0.2) is 0 Å². The number of hydrogen-bond acceptors (Lipinski definition) is 6. The van der Waals surface area contributed by atoms with Crippen LogP contribution in [0, 0.1) is 22.7 Å². The molecule has 0 fully saturated rings. The summed E-state index contributed by atoms with van der Waals surface area (Å²) in [6.45, 7) is 0. The van der Waals surface area contributed by atoms with E-state index in [1.807, 2.05) is 0 Å². The number of nitriles is 2. The first kappa shape index (κ1) is 19.7. The van der Waals surface area contributed by atoms with E-state index in [-0.39, 0.29) is 11.1 Å². The molecule has 0 aliphatic heterocycles. The van der Waals surface area contributed by atoms with Crippen molar-refractivity contribution in [1.82, 2.24) is 4.57 Å². The van der Waals surface area contributed by atoms with Gasteiger partial charge in [-0.05, 0) is 48.5 Å². The molecule has 0 radical (unpaired) electrons. The average Bonchev–Trinajstić information content (AvgIpc) is 3.14. The number of ether oxygens (including phenoxy) is 2. The van der Waals surface area contributed by atoms with E-state index in [1.54, 1.807) is 59.2 Å². The standard InChI is InChI=1S/C24H15N3O4/c1-30-23(28)16-4-3-5-17(24(29)31-2)22(16)27-20-8-6-14(12-25)10-18(20)19-11-15(13-26)7-9-21(19)27/h3-11H,1-2H3. The van der Waals surface area contributed by atoms with Crippen LogP contribution >= 0.6 is 0 Å². The van der Waals surface area contributed by atoms with Crippen LogP contribution in [0.5, 0.6) is 0 Å². The lowest BCUT2D eigenvalue weighted by Crippen LogP contribution is -2.14. The monoisotopic (exact) mass is 409 g/mol. The van der Waals surface area contributed by atoms with Crippen LogP contribution < -0.4 is 0 Å². The zero-order valence-corrected chi connectivity index (χ0v) is 16.7. The minimum absolute atomic E-state index is 0.179. The summed E-state index contributed by atoms with van der Waals surface area (Å²) < 4.78 is 11.7. The Hall–Kier alpha value is -4.62. The number of nitrogens with zero attached hydrogens (tertiary/aromatic N) is 3. The molecule has 31 heavy (non-hydrogen) atoms. The fourth-order valence-corrected chi connectivity index (χ4v) is 3.74. The first-order chi connectivity index (χ1) is 15.0. The Kier molecular flexibility index (Phi) is 4.86. The van der Waals surface area contributed by atoms with Crippen molar-refractivity contribution in [2.45, 2.75) is 0 Å². The third-order valence-corrected chi connectivity index (χ3v) is 5.09. The molecule has 3 aromatic carbocycles. The van der Waals surface area contributed by atoms with Crippen molar-refractivity contribution in [3.05, 3.63) is 76.9 Å². The molecule has 0 saturated heterocycles. The summed E-state index contributed by atoms with van der Waals surface area (Å²) in [7, 11) is 2.53. The number of rotatable bonds is 3. The van der Waals surface area contributed by atoms with Crippen molar-refractivity contribution in [2.24, 2.45) is 0 Å². The Morgan fingerprint density at radius 2 is 1.23 bits per heavy atom. The molecule has 7 nitrogen and oxygen atoms in total. The maximum absolute atomic E-state index is 12.6. The van der Waals surface area contributed by atoms with Crippen LogP contribution in [-0.2, 0) is 9.47 Å². The largest absolute Gasteiger partial charge is 0.465 e. The quantitative estimate of drug-likeness (QED) is 0.472. The lowest BCUT2D eigenvalue weighted by atomic mass is 10.1. The Balaban J connectivity index is 2.24. The van der Waals surface area contributed by atoms with Crippen molar-refractivity contribution in [1.29, 1.82) is 10.5 Å². The molecule has 1 aromatic heterocycles. The van der Waals surface area contributed by atoms with Gasteiger partial charge in [-0.15, -0.1) is 0 Å². The Morgan fingerprint density at radius 3 is 1.61 bits per heavy atom. The minimum Gasteiger partial charge on any atom is -0.465 e. The van der Waals surface area contributed by atoms with E-state index in [0.717, 1.165) is 0 Å². The molecule has 0 unspecified atom stereocenters. The third kappa shape index (κ3) is 3.06. The molecule has 0 saturated carbocycles. The van der Waals surface area contributed by atoms with Crippen molar-refractivity contribution >= 4 is 33.7 Å². The van der Waals surface area contributed by atoms with E-state index >= 15 is 0 Å². The molecule has 1 heterocycles. The van der Waals surface area contributed by atoms with E-state index in [2.05, 4.69) is 12.1 Å². The first-order valence-corrected chi connectivity index (χ1v) is 9.22. The second kappa shape index (κ2) is 7.66. The maximum Gasteiger partial charge on any atom is 0.340 e. The van der Waals surface area contributed by atoms with Crippen molar-refractivity contribution in [3.63, 3.8) is 0 Å². The summed E-state index contributed by atoms with van der Waals surface area (Å²) >= 11 is 0. The fourth-order valence-electron chi connectivity index (χ4n) is 3.74. The molecular formula is C24H15N3O4. The highest BCUT2D eigenvalue weighted by Gasteiger charge is 2.25. The van der Waals surface area contributed by atoms with Crippen LogP contribution in [0.25, 0.3) is 27.5 Å². The summed E-state index contributed by atoms with van der Waals surface area (Å²) in [6, 6.07) is 19.2. The van der Waals surface area contributed by atoms with Gasteiger partial charge in [-0.2, -0.15) is 10.5 Å². The molecule has 150 valence electrons. The second-order valence-corrected chi connectivity index (χ2v) is 6.71. The highest BCUT2D eigenvalue weighted by Crippen LogP contribution is 2.36. The Morgan fingerprint density at radius 1 is 0.774 bits per heavy atom. The number of esters is 2. The van der Waals surface area contributed by atoms with Crippen LogP contribution in [-0.4, -0.2) is 30.7 Å². The summed E-state index contributed by atoms with van der Waals surface area (Å²) in [5.41, 5.74) is 2.87. The van der Waals surface area contributed by atoms with E-state index in [9.17, 15) is 20.1 Å². The topological polar surface area (TPSA) is 105 Å². The number of carbonyl (C=O) groups is 2. The minimum atomic E-state index is -0.613. The summed E-state index contributed by atoms with van der Waals surface area (Å²) in [5, 5.41) is 20.1. The predicted molar refractivity (Wildman–Crippen MR) is 113 cm³/mol. The van der Waals surface area contributed by atoms with E-state index < -0.39 is 11.9 Å². The molecule has 7 heteroatoms. The molecular weight excluding hydrogens is 394 g/mol. The number of methoxy groups -OCH3 is 2. The molecule has 0 bridgehead atoms. The molecule has 4 rings (SSSR count). The molecule has 0 amide bonds. The van der Waals surface area contributed by atoms with Crippen molar-refractivity contribution < 1.29 is 19.1 Å². The number of aromatic nitrogens is 1. The van der Waals surface area contributed by atoms with Crippen LogP contribution in [0.4, 0.5) is 0 Å². The lowest BCUT2D eigenvalue weighted by Gasteiger charge is -2.16. The smallest absolute Gasteiger partial charge is 0.340 e. The number of carbonyl (C=O) groups excluding carboxylic acids is 2. The molecule has 0 aliphatic rings. The van der Waals surface area contributed by atoms with Crippen molar-refractivity contribution in [2.75, 3.05) is 14.2 Å². The van der Waals surface area contributed by atoms with Crippen LogP contribution in [0.1, 0.15) is 31.8 Å². The van der Waals surface area contributed by atoms with Gasteiger partial charge >= 0.3 is 11.9 Å². The number of para-hydroxylation sites is 1. The summed E-state index contributed by atoms with van der Waals surface area (Å²) in [5.74, 6) is -1.23. The van der Waals surface area contributed by atoms with E-state index in [4.69, 9.17) is 9.47 Å². The van der Waals surface area contributed by atoms with Crippen LogP contribution in [0.3, 0.4) is 0 Å². The van der Waals surface area contributed by atoms with Gasteiger partial charge in [0.2, 0.25) is 0 Å². The summed E-state index contributed by atoms with van der Waals surface area (Å²) in [6.07, 6.45) is 0. The number of benzene rings is 3. The van der Waals surface area contributed by atoms with Gasteiger partial charge < -0.3 is 14.0 Å². The zero-order valence-electron chi connectivity index (χ0n) is 16.7. The Labute approximate surface area is 177 Å². The van der Waals surface area contributed by atoms with Gasteiger partial charge in [-0.25, -0.2) is 9.59 Å². The Bertz CT molecular complexity index is 1360. The van der Waals surface area contributed by atoms with Gasteiger partial charge in [-0.1, -0.05) is 6.07 Å². The highest BCUT2D eigenvalue weighted by atomic mass is 16.5. The fraction of sp³-hybridized carbons (Fsp3) is 0.0833. The number of fused-ring (bicyclic) bond motifs is 3. The van der Waals surface area contributed by atoms with Gasteiger partial charge in [-0.3, -0.25) is 0 Å². The van der Waals surface area contributed by atoms with Gasteiger partial charge in [0.05, 0.1) is 65.3 Å². The normalized spacial score (nSPS) is 10.5. The van der Waals surface area contributed by atoms with E-state index in [0.29, 0.717) is 38.6 Å². The van der Waals surface area contributed by atoms with Gasteiger partial charge in [0, 0.05) is 10.8 Å². The van der Waals surface area contributed by atoms with E-state index in [1.165, 1.54) is 14.2 Å². The van der Waals surface area contributed by atoms with Crippen molar-refractivity contribution in [3.8, 4) is 17.8 Å². The highest BCUT2D eigenvalue weighted by molar-refractivity contribution is 6.12. The zero-order chi connectivity index (χ0) is 22.1. The molecule has 0 aliphatic carbocycles. The second-order valence-electron chi connectivity index (χ2n) is 6.71. The van der Waals surface area contributed by atoms with Gasteiger partial charge in [0.25, 0.3) is 0 Å². The molecule has 0 spiro atoms. The average molecular weight is 409 g/mol.